The van der Waals surface area contributed by atoms with Crippen molar-refractivity contribution in [3.05, 3.63) is 58.4 Å². The third-order valence-electron chi connectivity index (χ3n) is 2.45. The molecule has 0 aromatic carbocycles. The lowest BCUT2D eigenvalue weighted by Gasteiger charge is -2.10. The molecule has 4 nitrogen and oxygen atoms in total. The molecule has 0 atom stereocenters. The van der Waals surface area contributed by atoms with E-state index in [4.69, 9.17) is 10.5 Å². The molecule has 0 aliphatic carbocycles. The first-order valence-electron chi connectivity index (χ1n) is 5.38. The summed E-state index contributed by atoms with van der Waals surface area (Å²) in [6.07, 6.45) is 4.54. The summed E-state index contributed by atoms with van der Waals surface area (Å²) in [5.74, 6) is -0.184. The van der Waals surface area contributed by atoms with E-state index in [0.29, 0.717) is 22.5 Å². The SMILES string of the molecule is CO/C=C(/c1ccc(F)nc1)c1cc(Br)cnc1N. The maximum Gasteiger partial charge on any atom is 0.212 e. The van der Waals surface area contributed by atoms with E-state index in [0.717, 1.165) is 4.47 Å². The topological polar surface area (TPSA) is 61.0 Å². The molecule has 0 aliphatic heterocycles. The second-order valence-electron chi connectivity index (χ2n) is 3.72. The number of ether oxygens (including phenoxy) is 1. The van der Waals surface area contributed by atoms with Crippen molar-refractivity contribution in [2.24, 2.45) is 0 Å². The van der Waals surface area contributed by atoms with Gasteiger partial charge in [-0.2, -0.15) is 4.39 Å². The number of nitrogens with two attached hydrogens (primary N) is 1. The van der Waals surface area contributed by atoms with Gasteiger partial charge in [-0.05, 0) is 34.1 Å². The van der Waals surface area contributed by atoms with Crippen molar-refractivity contribution in [1.29, 1.82) is 0 Å². The van der Waals surface area contributed by atoms with Crippen molar-refractivity contribution >= 4 is 27.3 Å². The van der Waals surface area contributed by atoms with Gasteiger partial charge in [0.15, 0.2) is 0 Å². The van der Waals surface area contributed by atoms with E-state index in [2.05, 4.69) is 25.9 Å². The predicted octanol–water partition coefficient (Wildman–Crippen LogP) is 3.00. The summed E-state index contributed by atoms with van der Waals surface area (Å²) in [5.41, 5.74) is 7.92. The number of rotatable bonds is 3. The maximum absolute atomic E-state index is 12.9. The second-order valence-corrected chi connectivity index (χ2v) is 4.64. The first-order chi connectivity index (χ1) is 9.11. The Labute approximate surface area is 118 Å². The largest absolute Gasteiger partial charge is 0.504 e. The van der Waals surface area contributed by atoms with Gasteiger partial charge < -0.3 is 10.5 Å². The minimum atomic E-state index is -0.541. The Bertz CT molecular complexity index is 614. The van der Waals surface area contributed by atoms with Crippen LogP contribution in [0.4, 0.5) is 10.2 Å². The second kappa shape index (κ2) is 5.79. The molecule has 2 N–H and O–H groups in total. The maximum atomic E-state index is 12.9. The number of methoxy groups -OCH3 is 1. The zero-order valence-corrected chi connectivity index (χ0v) is 11.7. The fourth-order valence-corrected chi connectivity index (χ4v) is 1.94. The number of hydrogen-bond donors (Lipinski definition) is 1. The van der Waals surface area contributed by atoms with Crippen molar-refractivity contribution in [2.75, 3.05) is 12.8 Å². The van der Waals surface area contributed by atoms with Gasteiger partial charge in [0.05, 0.1) is 13.4 Å². The van der Waals surface area contributed by atoms with Crippen LogP contribution in [-0.4, -0.2) is 17.1 Å². The summed E-state index contributed by atoms with van der Waals surface area (Å²) in [5, 5.41) is 0. The summed E-state index contributed by atoms with van der Waals surface area (Å²) < 4.78 is 18.7. The molecule has 0 unspecified atom stereocenters. The summed E-state index contributed by atoms with van der Waals surface area (Å²) in [7, 11) is 1.53. The molecular formula is C13H11BrFN3O. The third-order valence-corrected chi connectivity index (χ3v) is 2.88. The van der Waals surface area contributed by atoms with E-state index < -0.39 is 5.95 Å². The number of anilines is 1. The van der Waals surface area contributed by atoms with Crippen LogP contribution >= 0.6 is 15.9 Å². The Kier molecular flexibility index (Phi) is 4.11. The quantitative estimate of drug-likeness (QED) is 0.696. The van der Waals surface area contributed by atoms with Gasteiger partial charge in [-0.25, -0.2) is 9.97 Å². The van der Waals surface area contributed by atoms with Crippen LogP contribution in [-0.2, 0) is 4.74 Å². The van der Waals surface area contributed by atoms with Crippen LogP contribution in [0, 0.1) is 5.95 Å². The Morgan fingerprint density at radius 1 is 1.37 bits per heavy atom. The molecule has 19 heavy (non-hydrogen) atoms. The molecule has 0 bridgehead atoms. The molecule has 0 amide bonds. The number of hydrogen-bond acceptors (Lipinski definition) is 4. The Hall–Kier alpha value is -1.95. The van der Waals surface area contributed by atoms with Crippen LogP contribution in [0.2, 0.25) is 0 Å². The molecule has 0 saturated heterocycles. The summed E-state index contributed by atoms with van der Waals surface area (Å²) in [6, 6.07) is 4.70. The monoisotopic (exact) mass is 323 g/mol. The molecule has 98 valence electrons. The number of nitrogen functional groups attached to an aromatic ring is 1. The standard InChI is InChI=1S/C13H11BrFN3O/c1-19-7-11(8-2-3-12(15)17-5-8)10-4-9(14)6-18-13(10)16/h2-7H,1H3,(H2,16,18)/b11-7-. The van der Waals surface area contributed by atoms with Gasteiger partial charge in [0.1, 0.15) is 5.82 Å². The van der Waals surface area contributed by atoms with Crippen LogP contribution in [0.3, 0.4) is 0 Å². The fraction of sp³-hybridized carbons (Fsp3) is 0.0769. The van der Waals surface area contributed by atoms with E-state index in [1.807, 2.05) is 6.07 Å². The molecule has 2 aromatic heterocycles. The molecule has 2 rings (SSSR count). The molecule has 0 fully saturated rings. The van der Waals surface area contributed by atoms with Crippen molar-refractivity contribution in [2.45, 2.75) is 0 Å². The molecule has 0 aliphatic rings. The van der Waals surface area contributed by atoms with E-state index in [-0.39, 0.29) is 0 Å². The number of aromatic nitrogens is 2. The highest BCUT2D eigenvalue weighted by atomic mass is 79.9. The first-order valence-corrected chi connectivity index (χ1v) is 6.17. The summed E-state index contributed by atoms with van der Waals surface area (Å²) in [6.45, 7) is 0. The highest BCUT2D eigenvalue weighted by molar-refractivity contribution is 9.10. The summed E-state index contributed by atoms with van der Waals surface area (Å²) >= 11 is 3.34. The van der Waals surface area contributed by atoms with Gasteiger partial charge in [-0.1, -0.05) is 0 Å². The van der Waals surface area contributed by atoms with E-state index >= 15 is 0 Å². The van der Waals surface area contributed by atoms with Gasteiger partial charge in [0, 0.05) is 33.6 Å². The normalized spacial score (nSPS) is 11.4. The van der Waals surface area contributed by atoms with Crippen LogP contribution in [0.5, 0.6) is 0 Å². The van der Waals surface area contributed by atoms with Crippen LogP contribution in [0.1, 0.15) is 11.1 Å². The molecular weight excluding hydrogens is 313 g/mol. The van der Waals surface area contributed by atoms with E-state index in [9.17, 15) is 4.39 Å². The lowest BCUT2D eigenvalue weighted by Crippen LogP contribution is -1.99. The number of halogens is 2. The van der Waals surface area contributed by atoms with Crippen LogP contribution in [0.15, 0.2) is 41.3 Å². The average molecular weight is 324 g/mol. The van der Waals surface area contributed by atoms with Gasteiger partial charge in [-0.15, -0.1) is 0 Å². The Balaban J connectivity index is 2.55. The minimum Gasteiger partial charge on any atom is -0.504 e. The molecule has 0 spiro atoms. The predicted molar refractivity (Wildman–Crippen MR) is 74.6 cm³/mol. The Morgan fingerprint density at radius 2 is 2.16 bits per heavy atom. The van der Waals surface area contributed by atoms with E-state index in [1.54, 1.807) is 12.3 Å². The van der Waals surface area contributed by atoms with Crippen LogP contribution < -0.4 is 5.73 Å². The lowest BCUT2D eigenvalue weighted by atomic mass is 10.0. The van der Waals surface area contributed by atoms with Gasteiger partial charge >= 0.3 is 0 Å². The molecule has 2 aromatic rings. The van der Waals surface area contributed by atoms with Crippen molar-refractivity contribution < 1.29 is 9.13 Å². The van der Waals surface area contributed by atoms with Gasteiger partial charge in [0.25, 0.3) is 0 Å². The zero-order valence-electron chi connectivity index (χ0n) is 10.1. The average Bonchev–Trinajstić information content (AvgIpc) is 2.40. The highest BCUT2D eigenvalue weighted by Gasteiger charge is 2.11. The Morgan fingerprint density at radius 3 is 2.79 bits per heavy atom. The first kappa shape index (κ1) is 13.5. The molecule has 0 saturated carbocycles. The lowest BCUT2D eigenvalue weighted by molar-refractivity contribution is 0.340. The van der Waals surface area contributed by atoms with Gasteiger partial charge in [0.2, 0.25) is 5.95 Å². The number of nitrogens with zero attached hydrogens (tertiary/aromatic N) is 2. The molecule has 0 radical (unpaired) electrons. The number of pyridine rings is 2. The fourth-order valence-electron chi connectivity index (χ4n) is 1.61. The van der Waals surface area contributed by atoms with Crippen molar-refractivity contribution in [3.8, 4) is 0 Å². The zero-order chi connectivity index (χ0) is 13.8. The molecule has 6 heteroatoms. The van der Waals surface area contributed by atoms with Crippen molar-refractivity contribution in [1.82, 2.24) is 9.97 Å². The van der Waals surface area contributed by atoms with Gasteiger partial charge in [-0.3, -0.25) is 0 Å². The summed E-state index contributed by atoms with van der Waals surface area (Å²) in [4.78, 5) is 7.69. The van der Waals surface area contributed by atoms with Crippen molar-refractivity contribution in [3.63, 3.8) is 0 Å². The highest BCUT2D eigenvalue weighted by Crippen LogP contribution is 2.28. The smallest absolute Gasteiger partial charge is 0.212 e. The third kappa shape index (κ3) is 3.08. The van der Waals surface area contributed by atoms with E-state index in [1.165, 1.54) is 25.6 Å². The minimum absolute atomic E-state index is 0.357. The molecule has 2 heterocycles. The van der Waals surface area contributed by atoms with Crippen LogP contribution in [0.25, 0.3) is 5.57 Å².